The number of benzene rings is 2. The number of ether oxygens (including phenoxy) is 3. The highest BCUT2D eigenvalue weighted by molar-refractivity contribution is 6.30. The fraction of sp³-hybridized carbons (Fsp3) is 0.222. The van der Waals surface area contributed by atoms with Gasteiger partial charge in [-0.15, -0.1) is 0 Å². The molecule has 3 heterocycles. The van der Waals surface area contributed by atoms with Gasteiger partial charge < -0.3 is 24.4 Å². The molecule has 5 rings (SSSR count). The van der Waals surface area contributed by atoms with Gasteiger partial charge in [0.1, 0.15) is 23.0 Å². The Morgan fingerprint density at radius 1 is 1.11 bits per heavy atom. The molecule has 2 aromatic carbocycles. The molecule has 1 aliphatic heterocycles. The predicted molar refractivity (Wildman–Crippen MR) is 137 cm³/mol. The van der Waals surface area contributed by atoms with E-state index in [-0.39, 0.29) is 12.7 Å². The van der Waals surface area contributed by atoms with Crippen LogP contribution in [-0.2, 0) is 17.8 Å². The van der Waals surface area contributed by atoms with Gasteiger partial charge in [-0.25, -0.2) is 14.8 Å². The number of nitrogens with one attached hydrogen (secondary N) is 1. The second-order valence-corrected chi connectivity index (χ2v) is 8.78. The summed E-state index contributed by atoms with van der Waals surface area (Å²) in [6.45, 7) is 1.64. The summed E-state index contributed by atoms with van der Waals surface area (Å²) in [5.41, 5.74) is 3.50. The minimum absolute atomic E-state index is 0.151. The summed E-state index contributed by atoms with van der Waals surface area (Å²) >= 11 is 6.32. The molecule has 8 nitrogen and oxygen atoms in total. The number of cyclic esters (lactones) is 1. The molecule has 1 unspecified atom stereocenters. The van der Waals surface area contributed by atoms with Crippen molar-refractivity contribution in [2.75, 3.05) is 25.6 Å². The molecule has 36 heavy (non-hydrogen) atoms. The van der Waals surface area contributed by atoms with E-state index >= 15 is 0 Å². The maximum atomic E-state index is 12.4. The van der Waals surface area contributed by atoms with Crippen molar-refractivity contribution < 1.29 is 19.0 Å². The molecule has 2 aromatic heterocycles. The van der Waals surface area contributed by atoms with Crippen LogP contribution in [0.2, 0.25) is 5.15 Å². The Hall–Kier alpha value is -4.04. The molecule has 1 fully saturated rings. The largest absolute Gasteiger partial charge is 0.497 e. The number of hydrogen-bond acceptors (Lipinski definition) is 7. The number of nitrogens with zero attached hydrogens (tertiary/aromatic N) is 3. The first-order chi connectivity index (χ1) is 17.6. The van der Waals surface area contributed by atoms with Gasteiger partial charge in [-0.1, -0.05) is 54.1 Å². The molecule has 0 saturated carbocycles. The summed E-state index contributed by atoms with van der Waals surface area (Å²) in [4.78, 5) is 22.8. The van der Waals surface area contributed by atoms with Gasteiger partial charge in [-0.2, -0.15) is 0 Å². The van der Waals surface area contributed by atoms with Crippen LogP contribution < -0.4 is 14.8 Å². The van der Waals surface area contributed by atoms with E-state index in [9.17, 15) is 4.79 Å². The molecule has 1 saturated heterocycles. The Labute approximate surface area is 213 Å². The molecule has 1 N–H and O–H groups in total. The lowest BCUT2D eigenvalue weighted by Crippen LogP contribution is -2.26. The van der Waals surface area contributed by atoms with Crippen molar-refractivity contribution in [3.63, 3.8) is 0 Å². The first-order valence-corrected chi connectivity index (χ1v) is 11.9. The number of carbonyl (C=O) groups is 1. The van der Waals surface area contributed by atoms with Crippen LogP contribution in [-0.4, -0.2) is 47.3 Å². The Bertz CT molecular complexity index is 1350. The number of anilines is 1. The van der Waals surface area contributed by atoms with Gasteiger partial charge >= 0.3 is 6.09 Å². The van der Waals surface area contributed by atoms with Crippen molar-refractivity contribution in [1.29, 1.82) is 0 Å². The zero-order valence-corrected chi connectivity index (χ0v) is 20.4. The molecule has 1 amide bonds. The Morgan fingerprint density at radius 3 is 2.69 bits per heavy atom. The standard InChI is InChI=1S/C27H25ClN4O4/c1-34-20-9-7-19(8-10-20)15-32-16-21(36-27(32)33)17-35-26-25-22(11-12-29-26)23(13-24(28)31-25)30-14-18-5-3-2-4-6-18/h2-13,21H,14-17H2,1H3,(H,30,31). The lowest BCUT2D eigenvalue weighted by molar-refractivity contribution is 0.101. The molecule has 1 atom stereocenters. The number of amides is 1. The summed E-state index contributed by atoms with van der Waals surface area (Å²) in [5, 5.41) is 4.58. The number of hydrogen-bond donors (Lipinski definition) is 1. The minimum Gasteiger partial charge on any atom is -0.497 e. The van der Waals surface area contributed by atoms with Crippen molar-refractivity contribution in [3.05, 3.63) is 89.2 Å². The summed E-state index contributed by atoms with van der Waals surface area (Å²) < 4.78 is 16.7. The van der Waals surface area contributed by atoms with Gasteiger partial charge in [-0.3, -0.25) is 0 Å². The third-order valence-corrected chi connectivity index (χ3v) is 6.07. The third kappa shape index (κ3) is 5.44. The van der Waals surface area contributed by atoms with Crippen molar-refractivity contribution >= 4 is 34.3 Å². The van der Waals surface area contributed by atoms with Crippen molar-refractivity contribution in [3.8, 4) is 11.6 Å². The van der Waals surface area contributed by atoms with E-state index < -0.39 is 6.10 Å². The van der Waals surface area contributed by atoms with Crippen LogP contribution in [0.15, 0.2) is 72.9 Å². The average Bonchev–Trinajstić information content (AvgIpc) is 3.25. The number of methoxy groups -OCH3 is 1. The van der Waals surface area contributed by atoms with Gasteiger partial charge in [0.15, 0.2) is 6.10 Å². The molecule has 4 aromatic rings. The molecule has 9 heteroatoms. The molecule has 1 aliphatic rings. The van der Waals surface area contributed by atoms with Crippen LogP contribution in [0.25, 0.3) is 10.9 Å². The fourth-order valence-electron chi connectivity index (χ4n) is 4.05. The lowest BCUT2D eigenvalue weighted by Gasteiger charge is -2.15. The topological polar surface area (TPSA) is 85.8 Å². The number of aromatic nitrogens is 2. The first kappa shape index (κ1) is 23.7. The normalized spacial score (nSPS) is 15.1. The smallest absolute Gasteiger partial charge is 0.410 e. The highest BCUT2D eigenvalue weighted by atomic mass is 35.5. The van der Waals surface area contributed by atoms with E-state index in [1.165, 1.54) is 0 Å². The Kier molecular flexibility index (Phi) is 7.04. The second kappa shape index (κ2) is 10.7. The van der Waals surface area contributed by atoms with Crippen LogP contribution in [0.5, 0.6) is 11.6 Å². The number of fused-ring (bicyclic) bond motifs is 1. The summed E-state index contributed by atoms with van der Waals surface area (Å²) in [7, 11) is 1.62. The Morgan fingerprint density at radius 2 is 1.92 bits per heavy atom. The summed E-state index contributed by atoms with van der Waals surface area (Å²) in [6, 6.07) is 21.3. The third-order valence-electron chi connectivity index (χ3n) is 5.88. The Balaban J connectivity index is 1.25. The van der Waals surface area contributed by atoms with Crippen LogP contribution >= 0.6 is 11.6 Å². The van der Waals surface area contributed by atoms with Crippen LogP contribution in [0, 0.1) is 0 Å². The minimum atomic E-state index is -0.428. The van der Waals surface area contributed by atoms with Gasteiger partial charge in [0, 0.05) is 30.4 Å². The SMILES string of the molecule is COc1ccc(CN2CC(COc3nccc4c(NCc5ccccc5)cc(Cl)nc34)OC2=O)cc1. The summed E-state index contributed by atoms with van der Waals surface area (Å²) in [6.07, 6.45) is 0.860. The van der Waals surface area contributed by atoms with Crippen molar-refractivity contribution in [2.24, 2.45) is 0 Å². The van der Waals surface area contributed by atoms with Gasteiger partial charge in [0.05, 0.1) is 13.7 Å². The summed E-state index contributed by atoms with van der Waals surface area (Å²) in [5.74, 6) is 1.10. The van der Waals surface area contributed by atoms with E-state index in [4.69, 9.17) is 25.8 Å². The van der Waals surface area contributed by atoms with E-state index in [0.717, 1.165) is 28.0 Å². The van der Waals surface area contributed by atoms with Gasteiger partial charge in [0.25, 0.3) is 0 Å². The van der Waals surface area contributed by atoms with Crippen molar-refractivity contribution in [2.45, 2.75) is 19.2 Å². The molecule has 184 valence electrons. The van der Waals surface area contributed by atoms with Gasteiger partial charge in [0.2, 0.25) is 5.88 Å². The average molecular weight is 505 g/mol. The molecule has 0 spiro atoms. The fourth-order valence-corrected chi connectivity index (χ4v) is 4.25. The zero-order valence-electron chi connectivity index (χ0n) is 19.7. The zero-order chi connectivity index (χ0) is 24.9. The van der Waals surface area contributed by atoms with E-state index in [1.807, 2.05) is 48.5 Å². The van der Waals surface area contributed by atoms with Crippen molar-refractivity contribution in [1.82, 2.24) is 14.9 Å². The predicted octanol–water partition coefficient (Wildman–Crippen LogP) is 5.30. The number of carbonyl (C=O) groups excluding carboxylic acids is 1. The number of rotatable bonds is 9. The molecule has 0 bridgehead atoms. The quantitative estimate of drug-likeness (QED) is 0.309. The highest BCUT2D eigenvalue weighted by Crippen LogP contribution is 2.31. The maximum Gasteiger partial charge on any atom is 0.410 e. The molecule has 0 radical (unpaired) electrons. The molecular formula is C27H25ClN4O4. The lowest BCUT2D eigenvalue weighted by atomic mass is 10.2. The first-order valence-electron chi connectivity index (χ1n) is 11.5. The van der Waals surface area contributed by atoms with Crippen LogP contribution in [0.1, 0.15) is 11.1 Å². The second-order valence-electron chi connectivity index (χ2n) is 8.39. The number of pyridine rings is 2. The monoisotopic (exact) mass is 504 g/mol. The van der Waals surface area contributed by atoms with Crippen LogP contribution in [0.4, 0.5) is 10.5 Å². The highest BCUT2D eigenvalue weighted by Gasteiger charge is 2.32. The van der Waals surface area contributed by atoms with E-state index in [1.54, 1.807) is 24.3 Å². The van der Waals surface area contributed by atoms with Gasteiger partial charge in [-0.05, 0) is 35.4 Å². The van der Waals surface area contributed by atoms with E-state index in [2.05, 4.69) is 27.4 Å². The number of halogens is 1. The van der Waals surface area contributed by atoms with E-state index in [0.29, 0.717) is 36.2 Å². The molecule has 0 aliphatic carbocycles. The molecular weight excluding hydrogens is 480 g/mol. The van der Waals surface area contributed by atoms with Crippen LogP contribution in [0.3, 0.4) is 0 Å². The maximum absolute atomic E-state index is 12.4.